The lowest BCUT2D eigenvalue weighted by Crippen LogP contribution is -2.42. The highest BCUT2D eigenvalue weighted by atomic mass is 28.4. The topological polar surface area (TPSA) is 66.1 Å². The van der Waals surface area contributed by atoms with Gasteiger partial charge in [-0.2, -0.15) is 0 Å². The van der Waals surface area contributed by atoms with Crippen molar-refractivity contribution < 1.29 is 13.4 Å². The van der Waals surface area contributed by atoms with Crippen molar-refractivity contribution in [3.8, 4) is 0 Å². The molecule has 2 N–H and O–H groups in total. The smallest absolute Gasteiger partial charge is 0.394 e. The van der Waals surface area contributed by atoms with Crippen LogP contribution in [0.15, 0.2) is 5.16 Å². The van der Waals surface area contributed by atoms with E-state index in [9.17, 15) is 0 Å². The molecule has 0 amide bonds. The van der Waals surface area contributed by atoms with Crippen molar-refractivity contribution in [1.29, 1.82) is 0 Å². The molecule has 0 aromatic rings. The van der Waals surface area contributed by atoms with Crippen LogP contribution in [0.3, 0.4) is 0 Å². The number of oxime groups is 1. The summed E-state index contributed by atoms with van der Waals surface area (Å²) in [6, 6.07) is 0.691. The predicted molar refractivity (Wildman–Crippen MR) is 62.7 cm³/mol. The van der Waals surface area contributed by atoms with Crippen molar-refractivity contribution in [3.63, 3.8) is 0 Å². The third-order valence-corrected chi connectivity index (χ3v) is 4.74. The molecular formula is C9H22N2O3Si. The van der Waals surface area contributed by atoms with Gasteiger partial charge in [-0.3, -0.25) is 0 Å². The second-order valence-electron chi connectivity index (χ2n) is 3.25. The molecule has 0 aromatic carbocycles. The van der Waals surface area contributed by atoms with Crippen molar-refractivity contribution in [2.75, 3.05) is 20.8 Å². The molecular weight excluding hydrogens is 212 g/mol. The molecule has 0 aromatic heterocycles. The van der Waals surface area contributed by atoms with E-state index >= 15 is 0 Å². The quantitative estimate of drug-likeness (QED) is 0.391. The van der Waals surface area contributed by atoms with Gasteiger partial charge in [-0.25, -0.2) is 0 Å². The fourth-order valence-electron chi connectivity index (χ4n) is 0.938. The summed E-state index contributed by atoms with van der Waals surface area (Å²) in [5.74, 6) is 0. The van der Waals surface area contributed by atoms with Gasteiger partial charge in [0.25, 0.3) is 0 Å². The first-order valence-electron chi connectivity index (χ1n) is 5.16. The van der Waals surface area contributed by atoms with Crippen LogP contribution in [0, 0.1) is 0 Å². The molecule has 0 aliphatic carbocycles. The Labute approximate surface area is 92.9 Å². The molecule has 0 saturated heterocycles. The zero-order chi connectivity index (χ0) is 11.7. The van der Waals surface area contributed by atoms with Gasteiger partial charge in [0, 0.05) is 20.3 Å². The van der Waals surface area contributed by atoms with E-state index < -0.39 is 8.80 Å². The number of hydrogen-bond donors (Lipinski definition) is 1. The Bertz CT molecular complexity index is 196. The minimum atomic E-state index is -2.61. The van der Waals surface area contributed by atoms with Gasteiger partial charge in [0.1, 0.15) is 0 Å². The third-order valence-electron chi connectivity index (χ3n) is 2.16. The van der Waals surface area contributed by atoms with Gasteiger partial charge < -0.3 is 19.1 Å². The normalized spacial score (nSPS) is 13.0. The first kappa shape index (κ1) is 14.6. The van der Waals surface area contributed by atoms with E-state index in [0.29, 0.717) is 12.6 Å². The van der Waals surface area contributed by atoms with Gasteiger partial charge in [-0.15, -0.1) is 5.16 Å². The molecule has 0 spiro atoms. The molecule has 0 rings (SSSR count). The molecule has 0 aliphatic rings. The SMILES string of the molecule is CCC(C)=NO[Si](CCCN)(OC)OC. The summed E-state index contributed by atoms with van der Waals surface area (Å²) in [7, 11) is 0.562. The predicted octanol–water partition coefficient (Wildman–Crippen LogP) is 1.37. The molecule has 5 nitrogen and oxygen atoms in total. The summed E-state index contributed by atoms with van der Waals surface area (Å²) in [5, 5.41) is 4.00. The van der Waals surface area contributed by atoms with Crippen molar-refractivity contribution in [2.24, 2.45) is 10.9 Å². The van der Waals surface area contributed by atoms with Crippen LogP contribution in [0.1, 0.15) is 26.7 Å². The lowest BCUT2D eigenvalue weighted by atomic mass is 10.3. The summed E-state index contributed by atoms with van der Waals surface area (Å²) in [5.41, 5.74) is 6.37. The van der Waals surface area contributed by atoms with Crippen molar-refractivity contribution in [3.05, 3.63) is 0 Å². The first-order valence-corrected chi connectivity index (χ1v) is 7.09. The highest BCUT2D eigenvalue weighted by molar-refractivity contribution is 6.60. The summed E-state index contributed by atoms with van der Waals surface area (Å²) in [4.78, 5) is 0. The Morgan fingerprint density at radius 1 is 1.33 bits per heavy atom. The maximum absolute atomic E-state index is 5.45. The third kappa shape index (κ3) is 5.27. The molecule has 15 heavy (non-hydrogen) atoms. The second-order valence-corrected chi connectivity index (χ2v) is 6.12. The van der Waals surface area contributed by atoms with Crippen LogP contribution in [0.25, 0.3) is 0 Å². The summed E-state index contributed by atoms with van der Waals surface area (Å²) in [6.07, 6.45) is 1.67. The van der Waals surface area contributed by atoms with Gasteiger partial charge >= 0.3 is 8.80 Å². The van der Waals surface area contributed by atoms with Gasteiger partial charge in [-0.05, 0) is 26.3 Å². The fourth-order valence-corrected chi connectivity index (χ4v) is 2.69. The summed E-state index contributed by atoms with van der Waals surface area (Å²) in [6.45, 7) is 4.53. The van der Waals surface area contributed by atoms with Crippen molar-refractivity contribution >= 4 is 14.5 Å². The van der Waals surface area contributed by atoms with Crippen LogP contribution >= 0.6 is 0 Å². The van der Waals surface area contributed by atoms with Gasteiger partial charge in [0.15, 0.2) is 0 Å². The summed E-state index contributed by atoms with van der Waals surface area (Å²) < 4.78 is 16.0. The number of nitrogens with zero attached hydrogens (tertiary/aromatic N) is 1. The van der Waals surface area contributed by atoms with Gasteiger partial charge in [-0.1, -0.05) is 6.92 Å². The number of nitrogens with two attached hydrogens (primary N) is 1. The number of hydrogen-bond acceptors (Lipinski definition) is 5. The highest BCUT2D eigenvalue weighted by Crippen LogP contribution is 2.16. The summed E-state index contributed by atoms with van der Waals surface area (Å²) >= 11 is 0. The van der Waals surface area contributed by atoms with Crippen LogP contribution in [0.2, 0.25) is 6.04 Å². The molecule has 90 valence electrons. The zero-order valence-corrected chi connectivity index (χ0v) is 11.1. The molecule has 6 heteroatoms. The van der Waals surface area contributed by atoms with Gasteiger partial charge in [0.2, 0.25) is 0 Å². The molecule has 0 bridgehead atoms. The molecule has 0 atom stereocenters. The lowest BCUT2D eigenvalue weighted by Gasteiger charge is -2.23. The maximum atomic E-state index is 5.45. The van der Waals surface area contributed by atoms with Crippen molar-refractivity contribution in [1.82, 2.24) is 0 Å². The van der Waals surface area contributed by atoms with E-state index in [-0.39, 0.29) is 0 Å². The number of rotatable bonds is 8. The highest BCUT2D eigenvalue weighted by Gasteiger charge is 2.41. The van der Waals surface area contributed by atoms with Crippen LogP contribution in [-0.4, -0.2) is 35.3 Å². The van der Waals surface area contributed by atoms with E-state index in [1.807, 2.05) is 13.8 Å². The Balaban J connectivity index is 4.35. The maximum Gasteiger partial charge on any atom is 0.587 e. The zero-order valence-electron chi connectivity index (χ0n) is 10.1. The molecule has 0 fully saturated rings. The van der Waals surface area contributed by atoms with Crippen molar-refractivity contribution in [2.45, 2.75) is 32.7 Å². The average molecular weight is 234 g/mol. The second kappa shape index (κ2) is 7.81. The molecule has 0 radical (unpaired) electrons. The largest absolute Gasteiger partial charge is 0.587 e. The molecule has 0 saturated carbocycles. The monoisotopic (exact) mass is 234 g/mol. The minimum absolute atomic E-state index is 0.599. The fraction of sp³-hybridized carbons (Fsp3) is 0.889. The Morgan fingerprint density at radius 2 is 1.93 bits per heavy atom. The molecule has 0 heterocycles. The van der Waals surface area contributed by atoms with Crippen LogP contribution in [0.5, 0.6) is 0 Å². The van der Waals surface area contributed by atoms with Crippen LogP contribution < -0.4 is 5.73 Å². The Kier molecular flexibility index (Phi) is 7.58. The average Bonchev–Trinajstić information content (AvgIpc) is 2.30. The van der Waals surface area contributed by atoms with E-state index in [4.69, 9.17) is 19.1 Å². The molecule has 0 aliphatic heterocycles. The minimum Gasteiger partial charge on any atom is -0.394 e. The van der Waals surface area contributed by atoms with E-state index in [2.05, 4.69) is 5.16 Å². The van der Waals surface area contributed by atoms with Gasteiger partial charge in [0.05, 0.1) is 5.71 Å². The van der Waals surface area contributed by atoms with Crippen LogP contribution in [-0.2, 0) is 13.4 Å². The standard InChI is InChI=1S/C9H22N2O3Si/c1-5-9(2)11-14-15(12-3,13-4)8-6-7-10/h5-8,10H2,1-4H3. The first-order chi connectivity index (χ1) is 7.14. The van der Waals surface area contributed by atoms with E-state index in [1.54, 1.807) is 14.2 Å². The van der Waals surface area contributed by atoms with E-state index in [0.717, 1.165) is 18.6 Å². The molecule has 0 unspecified atom stereocenters. The van der Waals surface area contributed by atoms with Crippen LogP contribution in [0.4, 0.5) is 0 Å². The lowest BCUT2D eigenvalue weighted by molar-refractivity contribution is 0.101. The Hall–Kier alpha value is -0.433. The Morgan fingerprint density at radius 3 is 2.33 bits per heavy atom. The van der Waals surface area contributed by atoms with E-state index in [1.165, 1.54) is 0 Å².